The molecule has 2 aromatic rings. The molecule has 2 fully saturated rings. The first-order chi connectivity index (χ1) is 28.2. The lowest BCUT2D eigenvalue weighted by Crippen LogP contribution is -2.47. The Kier molecular flexibility index (Phi) is 21.4. The van der Waals surface area contributed by atoms with Gasteiger partial charge in [0.25, 0.3) is 0 Å². The zero-order chi connectivity index (χ0) is 41.5. The second-order valence-corrected chi connectivity index (χ2v) is 17.3. The van der Waals surface area contributed by atoms with E-state index in [0.717, 1.165) is 74.7 Å². The fourth-order valence-electron chi connectivity index (χ4n) is 9.19. The monoisotopic (exact) mass is 803 g/mol. The van der Waals surface area contributed by atoms with Gasteiger partial charge in [-0.1, -0.05) is 167 Å². The largest absolute Gasteiger partial charge is 0.466 e. The summed E-state index contributed by atoms with van der Waals surface area (Å²) in [4.78, 5) is 52.3. The number of esters is 4. The van der Waals surface area contributed by atoms with Crippen molar-refractivity contribution in [3.05, 3.63) is 70.8 Å². The van der Waals surface area contributed by atoms with Gasteiger partial charge in [-0.3, -0.25) is 0 Å². The summed E-state index contributed by atoms with van der Waals surface area (Å²) in [6.45, 7) is 4.54. The molecule has 4 rings (SSSR count). The van der Waals surface area contributed by atoms with Gasteiger partial charge in [0.2, 0.25) is 12.2 Å². The quantitative estimate of drug-likeness (QED) is 0.0555. The summed E-state index contributed by atoms with van der Waals surface area (Å²) in [5, 5.41) is 0. The SMILES string of the molecule is CCCCCC1CCC(CCCCc2ccc(C(=O)O[C@@H](C(=O)OC)[C@@H](OC(=O)c3ccc(CCCCC4CCC(CCCCC)CC4)cc3)C(=O)OC)cc2)CC1. The molecular formula is C50H74O8. The van der Waals surface area contributed by atoms with Crippen LogP contribution in [-0.2, 0) is 41.4 Å². The van der Waals surface area contributed by atoms with Gasteiger partial charge in [-0.05, 0) is 84.7 Å². The highest BCUT2D eigenvalue weighted by atomic mass is 16.6. The van der Waals surface area contributed by atoms with Crippen LogP contribution < -0.4 is 0 Å². The second-order valence-electron chi connectivity index (χ2n) is 17.3. The van der Waals surface area contributed by atoms with Crippen molar-refractivity contribution in [3.8, 4) is 0 Å². The van der Waals surface area contributed by atoms with E-state index in [1.165, 1.54) is 128 Å². The summed E-state index contributed by atoms with van der Waals surface area (Å²) in [7, 11) is 2.21. The van der Waals surface area contributed by atoms with Crippen LogP contribution in [0.3, 0.4) is 0 Å². The lowest BCUT2D eigenvalue weighted by atomic mass is 9.78. The van der Waals surface area contributed by atoms with Crippen LogP contribution in [0.1, 0.15) is 187 Å². The highest BCUT2D eigenvalue weighted by Gasteiger charge is 2.42. The van der Waals surface area contributed by atoms with Gasteiger partial charge in [-0.2, -0.15) is 0 Å². The predicted octanol–water partition coefficient (Wildman–Crippen LogP) is 12.0. The molecule has 0 amide bonds. The highest BCUT2D eigenvalue weighted by Crippen LogP contribution is 2.36. The number of hydrogen-bond donors (Lipinski definition) is 0. The third-order valence-electron chi connectivity index (χ3n) is 13.0. The van der Waals surface area contributed by atoms with Crippen LogP contribution in [0.15, 0.2) is 48.5 Å². The molecule has 2 saturated carbocycles. The van der Waals surface area contributed by atoms with E-state index in [1.807, 2.05) is 24.3 Å². The molecule has 0 unspecified atom stereocenters. The van der Waals surface area contributed by atoms with Crippen molar-refractivity contribution in [1.82, 2.24) is 0 Å². The maximum Gasteiger partial charge on any atom is 0.351 e. The molecule has 0 aromatic heterocycles. The number of unbranched alkanes of at least 4 members (excludes halogenated alkanes) is 6. The standard InChI is InChI=1S/C50H74O8/c1-5-7-9-15-37-21-25-39(26-22-37)17-11-13-19-41-29-33-43(34-30-41)47(51)57-45(49(53)55-3)46(50(54)56-4)58-48(52)44-35-31-42(32-36-44)20-14-12-18-40-27-23-38(24-28-40)16-10-8-6-2/h29-40,45-46H,5-28H2,1-4H3/t37?,38?,39?,40?,45-,46-/m1/s1. The molecule has 2 aromatic carbocycles. The van der Waals surface area contributed by atoms with Crippen molar-refractivity contribution < 1.29 is 38.1 Å². The lowest BCUT2D eigenvalue weighted by Gasteiger charge is -2.28. The van der Waals surface area contributed by atoms with E-state index in [0.29, 0.717) is 0 Å². The van der Waals surface area contributed by atoms with Crippen molar-refractivity contribution >= 4 is 23.9 Å². The van der Waals surface area contributed by atoms with E-state index < -0.39 is 36.1 Å². The van der Waals surface area contributed by atoms with Crippen LogP contribution in [0.2, 0.25) is 0 Å². The Bertz CT molecular complexity index is 1370. The van der Waals surface area contributed by atoms with E-state index >= 15 is 0 Å². The van der Waals surface area contributed by atoms with Gasteiger partial charge < -0.3 is 18.9 Å². The summed E-state index contributed by atoms with van der Waals surface area (Å²) in [5.41, 5.74) is 2.62. The molecule has 0 aliphatic heterocycles. The molecule has 0 heterocycles. The number of rotatable bonds is 25. The van der Waals surface area contributed by atoms with E-state index in [1.54, 1.807) is 24.3 Å². The summed E-state index contributed by atoms with van der Waals surface area (Å²) in [6.07, 6.45) is 27.1. The molecule has 0 saturated heterocycles. The van der Waals surface area contributed by atoms with Gasteiger partial charge in [0.05, 0.1) is 25.3 Å². The van der Waals surface area contributed by atoms with Gasteiger partial charge in [0, 0.05) is 0 Å². The molecule has 8 heteroatoms. The first-order valence-corrected chi connectivity index (χ1v) is 23.0. The molecule has 0 bridgehead atoms. The fraction of sp³-hybridized carbons (Fsp3) is 0.680. The van der Waals surface area contributed by atoms with Gasteiger partial charge in [-0.15, -0.1) is 0 Å². The molecule has 322 valence electrons. The van der Waals surface area contributed by atoms with Crippen LogP contribution in [-0.4, -0.2) is 50.3 Å². The molecular weight excluding hydrogens is 729 g/mol. The van der Waals surface area contributed by atoms with Crippen molar-refractivity contribution in [2.24, 2.45) is 23.7 Å². The van der Waals surface area contributed by atoms with E-state index in [2.05, 4.69) is 13.8 Å². The van der Waals surface area contributed by atoms with Crippen molar-refractivity contribution in [2.75, 3.05) is 14.2 Å². The number of methoxy groups -OCH3 is 2. The Morgan fingerprint density at radius 2 is 0.759 bits per heavy atom. The molecule has 0 radical (unpaired) electrons. The Morgan fingerprint density at radius 3 is 1.03 bits per heavy atom. The second kappa shape index (κ2) is 26.4. The minimum absolute atomic E-state index is 0.198. The fourth-order valence-corrected chi connectivity index (χ4v) is 9.19. The van der Waals surface area contributed by atoms with E-state index in [-0.39, 0.29) is 11.1 Å². The lowest BCUT2D eigenvalue weighted by molar-refractivity contribution is -0.170. The van der Waals surface area contributed by atoms with Crippen LogP contribution in [0, 0.1) is 23.7 Å². The molecule has 2 atom stereocenters. The van der Waals surface area contributed by atoms with Crippen molar-refractivity contribution in [1.29, 1.82) is 0 Å². The topological polar surface area (TPSA) is 105 Å². The molecule has 2 aliphatic carbocycles. The minimum atomic E-state index is -1.87. The average molecular weight is 803 g/mol. The molecule has 58 heavy (non-hydrogen) atoms. The Morgan fingerprint density at radius 1 is 0.466 bits per heavy atom. The van der Waals surface area contributed by atoms with Gasteiger partial charge >= 0.3 is 23.9 Å². The van der Waals surface area contributed by atoms with E-state index in [9.17, 15) is 19.2 Å². The maximum atomic E-state index is 13.3. The first kappa shape index (κ1) is 47.0. The summed E-state index contributed by atoms with van der Waals surface area (Å²) in [6, 6.07) is 14.1. The molecule has 0 N–H and O–H groups in total. The number of carbonyl (C=O) groups is 4. The van der Waals surface area contributed by atoms with Crippen molar-refractivity contribution in [3.63, 3.8) is 0 Å². The number of hydrogen-bond acceptors (Lipinski definition) is 8. The maximum absolute atomic E-state index is 13.3. The average Bonchev–Trinajstić information content (AvgIpc) is 3.26. The number of ether oxygens (including phenoxy) is 4. The van der Waals surface area contributed by atoms with Crippen molar-refractivity contribution in [2.45, 2.75) is 180 Å². The smallest absolute Gasteiger partial charge is 0.351 e. The van der Waals surface area contributed by atoms with Crippen LogP contribution in [0.25, 0.3) is 0 Å². The zero-order valence-corrected chi connectivity index (χ0v) is 36.3. The van der Waals surface area contributed by atoms with Gasteiger partial charge in [-0.25, -0.2) is 19.2 Å². The Balaban J connectivity index is 1.21. The summed E-state index contributed by atoms with van der Waals surface area (Å²) >= 11 is 0. The predicted molar refractivity (Wildman–Crippen MR) is 230 cm³/mol. The molecule has 8 nitrogen and oxygen atoms in total. The number of carbonyl (C=O) groups excluding carboxylic acids is 4. The number of aryl methyl sites for hydroxylation is 2. The Hall–Kier alpha value is -3.68. The summed E-state index contributed by atoms with van der Waals surface area (Å²) < 4.78 is 20.7. The highest BCUT2D eigenvalue weighted by molar-refractivity contribution is 5.96. The van der Waals surface area contributed by atoms with E-state index in [4.69, 9.17) is 18.9 Å². The third-order valence-corrected chi connectivity index (χ3v) is 13.0. The minimum Gasteiger partial charge on any atom is -0.466 e. The summed E-state index contributed by atoms with van der Waals surface area (Å²) in [5.74, 6) is -0.233. The zero-order valence-electron chi connectivity index (χ0n) is 36.3. The van der Waals surface area contributed by atoms with Crippen LogP contribution in [0.4, 0.5) is 0 Å². The van der Waals surface area contributed by atoms with Crippen LogP contribution >= 0.6 is 0 Å². The molecule has 2 aliphatic rings. The van der Waals surface area contributed by atoms with Gasteiger partial charge in [0.1, 0.15) is 0 Å². The van der Waals surface area contributed by atoms with Gasteiger partial charge in [0.15, 0.2) is 0 Å². The molecule has 0 spiro atoms. The first-order valence-electron chi connectivity index (χ1n) is 23.0. The van der Waals surface area contributed by atoms with Crippen LogP contribution in [0.5, 0.6) is 0 Å². The number of benzene rings is 2. The Labute approximate surface area is 349 Å². The normalized spacial score (nSPS) is 20.4. The third kappa shape index (κ3) is 16.2.